The number of aromatic nitrogens is 6. The fourth-order valence-electron chi connectivity index (χ4n) is 3.18. The summed E-state index contributed by atoms with van der Waals surface area (Å²) in [5, 5.41) is 19.7. The maximum absolute atomic E-state index is 12.6. The Bertz CT molecular complexity index is 1140. The van der Waals surface area contributed by atoms with Crippen molar-refractivity contribution in [2.24, 2.45) is 0 Å². The first kappa shape index (κ1) is 18.5. The number of nitrogens with one attached hydrogen (secondary N) is 1. The van der Waals surface area contributed by atoms with Crippen molar-refractivity contribution < 1.29 is 4.79 Å². The summed E-state index contributed by atoms with van der Waals surface area (Å²) in [5.41, 5.74) is 4.82. The Kier molecular flexibility index (Phi) is 4.90. The first-order valence-corrected chi connectivity index (χ1v) is 9.26. The molecule has 146 valence electrons. The summed E-state index contributed by atoms with van der Waals surface area (Å²) in [4.78, 5) is 13.9. The van der Waals surface area contributed by atoms with Gasteiger partial charge in [0, 0.05) is 11.6 Å². The van der Waals surface area contributed by atoms with Gasteiger partial charge >= 0.3 is 0 Å². The summed E-state index contributed by atoms with van der Waals surface area (Å²) in [6.07, 6.45) is 0. The Morgan fingerprint density at radius 2 is 1.69 bits per heavy atom. The molecule has 4 rings (SSSR count). The van der Waals surface area contributed by atoms with Gasteiger partial charge in [-0.15, -0.1) is 10.2 Å². The third-order valence-corrected chi connectivity index (χ3v) is 4.32. The van der Waals surface area contributed by atoms with E-state index in [2.05, 4.69) is 31.9 Å². The van der Waals surface area contributed by atoms with Crippen LogP contribution in [0.4, 0.5) is 5.82 Å². The average molecular weight is 387 g/mol. The normalized spacial score (nSPS) is 10.9. The van der Waals surface area contributed by atoms with Gasteiger partial charge in [-0.05, 0) is 49.2 Å². The lowest BCUT2D eigenvalue weighted by Crippen LogP contribution is -2.22. The van der Waals surface area contributed by atoms with Crippen LogP contribution in [0.1, 0.15) is 16.8 Å². The van der Waals surface area contributed by atoms with Gasteiger partial charge in [0.1, 0.15) is 12.4 Å². The van der Waals surface area contributed by atoms with E-state index in [-0.39, 0.29) is 12.5 Å². The number of amides is 1. The fourth-order valence-corrected chi connectivity index (χ4v) is 3.18. The lowest BCUT2D eigenvalue weighted by molar-refractivity contribution is -0.117. The van der Waals surface area contributed by atoms with E-state index >= 15 is 0 Å². The number of carbonyl (C=O) groups excluding carboxylic acids is 1. The second-order valence-corrected chi connectivity index (χ2v) is 6.99. The van der Waals surface area contributed by atoms with E-state index < -0.39 is 0 Å². The molecule has 0 aliphatic carbocycles. The molecule has 0 unspecified atom stereocenters. The first-order chi connectivity index (χ1) is 14.0. The van der Waals surface area contributed by atoms with Crippen LogP contribution in [0.3, 0.4) is 0 Å². The lowest BCUT2D eigenvalue weighted by Gasteiger charge is -2.10. The molecule has 8 nitrogen and oxygen atoms in total. The van der Waals surface area contributed by atoms with Crippen molar-refractivity contribution in [1.82, 2.24) is 30.0 Å². The minimum atomic E-state index is -0.257. The Labute approximate surface area is 168 Å². The van der Waals surface area contributed by atoms with E-state index in [0.717, 1.165) is 28.1 Å². The molecule has 29 heavy (non-hydrogen) atoms. The van der Waals surface area contributed by atoms with Crippen molar-refractivity contribution in [2.45, 2.75) is 27.3 Å². The highest BCUT2D eigenvalue weighted by Gasteiger charge is 2.14. The molecule has 0 saturated heterocycles. The van der Waals surface area contributed by atoms with Crippen LogP contribution in [0.5, 0.6) is 0 Å². The van der Waals surface area contributed by atoms with Gasteiger partial charge in [-0.1, -0.05) is 36.4 Å². The Morgan fingerprint density at radius 3 is 2.41 bits per heavy atom. The Balaban J connectivity index is 1.52. The highest BCUT2D eigenvalue weighted by molar-refractivity contribution is 5.90. The Hall–Kier alpha value is -3.81. The van der Waals surface area contributed by atoms with Crippen LogP contribution >= 0.6 is 0 Å². The number of tetrazole rings is 1. The summed E-state index contributed by atoms with van der Waals surface area (Å²) < 4.78 is 1.73. The van der Waals surface area contributed by atoms with Gasteiger partial charge < -0.3 is 5.32 Å². The number of hydrogen-bond acceptors (Lipinski definition) is 5. The van der Waals surface area contributed by atoms with Crippen LogP contribution in [0.15, 0.2) is 54.6 Å². The van der Waals surface area contributed by atoms with E-state index in [9.17, 15) is 4.79 Å². The van der Waals surface area contributed by atoms with Crippen LogP contribution in [-0.4, -0.2) is 35.9 Å². The molecule has 0 aliphatic rings. The van der Waals surface area contributed by atoms with Gasteiger partial charge in [0.05, 0.1) is 11.4 Å². The zero-order chi connectivity index (χ0) is 20.4. The fraction of sp³-hybridized carbons (Fsp3) is 0.190. The standard InChI is InChI=1S/C21H21N7O/c1-14-9-15(2)11-18(10-14)28-19(12-16(3)24-28)22-20(29)13-27-25-21(23-26-27)17-7-5-4-6-8-17/h4-12H,13H2,1-3H3,(H,22,29). The van der Waals surface area contributed by atoms with E-state index in [4.69, 9.17) is 0 Å². The quantitative estimate of drug-likeness (QED) is 0.568. The third kappa shape index (κ3) is 4.21. The second kappa shape index (κ2) is 7.67. The number of benzene rings is 2. The SMILES string of the molecule is Cc1cc(C)cc(-n2nc(C)cc2NC(=O)Cn2nnc(-c3ccccc3)n2)c1. The second-order valence-electron chi connectivity index (χ2n) is 6.99. The lowest BCUT2D eigenvalue weighted by atomic mass is 10.1. The molecule has 2 aromatic heterocycles. The monoisotopic (exact) mass is 387 g/mol. The van der Waals surface area contributed by atoms with Crippen molar-refractivity contribution in [3.63, 3.8) is 0 Å². The van der Waals surface area contributed by atoms with Crippen LogP contribution in [0.2, 0.25) is 0 Å². The Morgan fingerprint density at radius 1 is 0.966 bits per heavy atom. The molecule has 8 heteroatoms. The third-order valence-electron chi connectivity index (χ3n) is 4.32. The number of hydrogen-bond donors (Lipinski definition) is 1. The van der Waals surface area contributed by atoms with Crippen molar-refractivity contribution in [3.05, 3.63) is 71.4 Å². The topological polar surface area (TPSA) is 90.5 Å². The zero-order valence-electron chi connectivity index (χ0n) is 16.5. The summed E-state index contributed by atoms with van der Waals surface area (Å²) in [6, 6.07) is 17.5. The number of anilines is 1. The molecule has 0 saturated carbocycles. The molecule has 1 N–H and O–H groups in total. The van der Waals surface area contributed by atoms with Crippen molar-refractivity contribution in [2.75, 3.05) is 5.32 Å². The molecule has 4 aromatic rings. The van der Waals surface area contributed by atoms with E-state index in [1.165, 1.54) is 4.80 Å². The molecule has 2 heterocycles. The van der Waals surface area contributed by atoms with Gasteiger partial charge in [-0.25, -0.2) is 4.68 Å². The molecule has 1 amide bonds. The summed E-state index contributed by atoms with van der Waals surface area (Å²) in [6.45, 7) is 5.91. The molecule has 0 spiro atoms. The zero-order valence-corrected chi connectivity index (χ0v) is 16.5. The number of aryl methyl sites for hydroxylation is 3. The molecule has 0 fully saturated rings. The van der Waals surface area contributed by atoms with Gasteiger partial charge in [-0.2, -0.15) is 9.90 Å². The predicted octanol–water partition coefficient (Wildman–Crippen LogP) is 3.09. The average Bonchev–Trinajstić information content (AvgIpc) is 3.28. The number of carbonyl (C=O) groups is 1. The highest BCUT2D eigenvalue weighted by Crippen LogP contribution is 2.20. The maximum Gasteiger partial charge on any atom is 0.249 e. The molecule has 0 aliphatic heterocycles. The summed E-state index contributed by atoms with van der Waals surface area (Å²) in [7, 11) is 0. The van der Waals surface area contributed by atoms with Crippen LogP contribution < -0.4 is 5.32 Å². The van der Waals surface area contributed by atoms with Crippen LogP contribution in [0, 0.1) is 20.8 Å². The summed E-state index contributed by atoms with van der Waals surface area (Å²) >= 11 is 0. The van der Waals surface area contributed by atoms with E-state index in [0.29, 0.717) is 11.6 Å². The summed E-state index contributed by atoms with van der Waals surface area (Å²) in [5.74, 6) is 0.822. The minimum absolute atomic E-state index is 0.0447. The molecular weight excluding hydrogens is 366 g/mol. The first-order valence-electron chi connectivity index (χ1n) is 9.26. The molecule has 0 bridgehead atoms. The largest absolute Gasteiger partial charge is 0.309 e. The number of rotatable bonds is 5. The molecule has 0 radical (unpaired) electrons. The molecular formula is C21H21N7O. The van der Waals surface area contributed by atoms with Crippen molar-refractivity contribution in [3.8, 4) is 17.1 Å². The number of nitrogens with zero attached hydrogens (tertiary/aromatic N) is 6. The van der Waals surface area contributed by atoms with Crippen molar-refractivity contribution in [1.29, 1.82) is 0 Å². The smallest absolute Gasteiger partial charge is 0.249 e. The maximum atomic E-state index is 12.6. The van der Waals surface area contributed by atoms with Gasteiger partial charge in [0.15, 0.2) is 0 Å². The van der Waals surface area contributed by atoms with Crippen LogP contribution in [-0.2, 0) is 11.3 Å². The van der Waals surface area contributed by atoms with Gasteiger partial charge in [0.25, 0.3) is 0 Å². The predicted molar refractivity (Wildman–Crippen MR) is 110 cm³/mol. The van der Waals surface area contributed by atoms with Gasteiger partial charge in [0.2, 0.25) is 11.7 Å². The highest BCUT2D eigenvalue weighted by atomic mass is 16.2. The van der Waals surface area contributed by atoms with Crippen LogP contribution in [0.25, 0.3) is 17.1 Å². The van der Waals surface area contributed by atoms with Gasteiger partial charge in [-0.3, -0.25) is 4.79 Å². The van der Waals surface area contributed by atoms with E-state index in [1.54, 1.807) is 4.68 Å². The molecule has 2 aromatic carbocycles. The van der Waals surface area contributed by atoms with E-state index in [1.807, 2.05) is 69.3 Å². The minimum Gasteiger partial charge on any atom is -0.309 e. The molecule has 0 atom stereocenters. The van der Waals surface area contributed by atoms with Crippen molar-refractivity contribution >= 4 is 11.7 Å².